The van der Waals surface area contributed by atoms with Crippen molar-refractivity contribution in [3.8, 4) is 0 Å². The first-order valence-electron chi connectivity index (χ1n) is 5.18. The van der Waals surface area contributed by atoms with E-state index in [2.05, 4.69) is 0 Å². The fourth-order valence-corrected chi connectivity index (χ4v) is 2.19. The van der Waals surface area contributed by atoms with Crippen LogP contribution in [0.2, 0.25) is 0 Å². The van der Waals surface area contributed by atoms with Crippen LogP contribution < -0.4 is 15.8 Å². The summed E-state index contributed by atoms with van der Waals surface area (Å²) in [6.07, 6.45) is -4.36. The third kappa shape index (κ3) is 4.37. The van der Waals surface area contributed by atoms with Crippen molar-refractivity contribution in [2.75, 3.05) is 18.5 Å². The van der Waals surface area contributed by atoms with Gasteiger partial charge in [0.2, 0.25) is 10.0 Å². The molecule has 1 aromatic rings. The third-order valence-electron chi connectivity index (χ3n) is 2.43. The molecule has 1 aromatic carbocycles. The molecule has 5 nitrogen and oxygen atoms in total. The molecular formula is C10H14F3N3O2S. The molecular weight excluding hydrogens is 283 g/mol. The first-order valence-corrected chi connectivity index (χ1v) is 6.73. The maximum atomic E-state index is 12.3. The number of benzene rings is 1. The topological polar surface area (TPSA) is 89.4 Å². The normalized spacial score (nSPS) is 12.5. The fourth-order valence-electron chi connectivity index (χ4n) is 1.63. The van der Waals surface area contributed by atoms with Crippen LogP contribution in [0.15, 0.2) is 23.1 Å². The highest BCUT2D eigenvalue weighted by atomic mass is 32.2. The molecule has 0 radical (unpaired) electrons. The van der Waals surface area contributed by atoms with Crippen LogP contribution in [-0.4, -0.2) is 28.2 Å². The zero-order valence-corrected chi connectivity index (χ0v) is 10.9. The fraction of sp³-hybridized carbons (Fsp3) is 0.400. The minimum Gasteiger partial charge on any atom is -0.365 e. The summed E-state index contributed by atoms with van der Waals surface area (Å²) in [5.74, 6) is 0. The van der Waals surface area contributed by atoms with Crippen LogP contribution in [0, 0.1) is 0 Å². The highest BCUT2D eigenvalue weighted by Crippen LogP contribution is 2.25. The van der Waals surface area contributed by atoms with E-state index < -0.39 is 22.7 Å². The first kappa shape index (κ1) is 15.7. The summed E-state index contributed by atoms with van der Waals surface area (Å²) in [7, 11) is -2.66. The molecule has 0 aliphatic rings. The number of nitrogens with two attached hydrogens (primary N) is 2. The molecule has 4 N–H and O–H groups in total. The number of anilines is 1. The number of primary sulfonamides is 1. The van der Waals surface area contributed by atoms with E-state index in [-0.39, 0.29) is 22.7 Å². The Hall–Kier alpha value is -1.32. The van der Waals surface area contributed by atoms with Gasteiger partial charge in [0.25, 0.3) is 0 Å². The number of alkyl halides is 3. The van der Waals surface area contributed by atoms with Gasteiger partial charge >= 0.3 is 6.18 Å². The van der Waals surface area contributed by atoms with E-state index >= 15 is 0 Å². The van der Waals surface area contributed by atoms with Crippen LogP contribution in [-0.2, 0) is 16.6 Å². The van der Waals surface area contributed by atoms with Gasteiger partial charge in [0, 0.05) is 19.3 Å². The predicted molar refractivity (Wildman–Crippen MR) is 65.0 cm³/mol. The van der Waals surface area contributed by atoms with Gasteiger partial charge < -0.3 is 10.6 Å². The van der Waals surface area contributed by atoms with E-state index in [0.29, 0.717) is 0 Å². The molecule has 0 spiro atoms. The van der Waals surface area contributed by atoms with Crippen molar-refractivity contribution in [3.63, 3.8) is 0 Å². The van der Waals surface area contributed by atoms with Crippen molar-refractivity contribution < 1.29 is 21.6 Å². The maximum Gasteiger partial charge on any atom is 0.405 e. The minimum absolute atomic E-state index is 0.0963. The Morgan fingerprint density at radius 1 is 1.32 bits per heavy atom. The van der Waals surface area contributed by atoms with Crippen LogP contribution in [0.25, 0.3) is 0 Å². The predicted octanol–water partition coefficient (Wildman–Crippen LogP) is 0.791. The second-order valence-electron chi connectivity index (χ2n) is 4.01. The molecule has 9 heteroatoms. The van der Waals surface area contributed by atoms with Gasteiger partial charge in [0.15, 0.2) is 0 Å². The highest BCUT2D eigenvalue weighted by Gasteiger charge is 2.30. The second-order valence-corrected chi connectivity index (χ2v) is 5.57. The van der Waals surface area contributed by atoms with Crippen LogP contribution in [0.3, 0.4) is 0 Å². The van der Waals surface area contributed by atoms with E-state index in [9.17, 15) is 21.6 Å². The van der Waals surface area contributed by atoms with E-state index in [4.69, 9.17) is 10.9 Å². The quantitative estimate of drug-likeness (QED) is 0.860. The number of sulfonamides is 1. The van der Waals surface area contributed by atoms with Crippen molar-refractivity contribution in [2.45, 2.75) is 17.6 Å². The molecule has 0 heterocycles. The Bertz CT molecular complexity index is 558. The van der Waals surface area contributed by atoms with E-state index in [1.165, 1.54) is 19.2 Å². The summed E-state index contributed by atoms with van der Waals surface area (Å²) < 4.78 is 59.2. The monoisotopic (exact) mass is 297 g/mol. The Morgan fingerprint density at radius 3 is 2.32 bits per heavy atom. The summed E-state index contributed by atoms with van der Waals surface area (Å²) in [4.78, 5) is 0.770. The molecule has 108 valence electrons. The minimum atomic E-state index is -4.36. The lowest BCUT2D eigenvalue weighted by molar-refractivity contribution is -0.119. The zero-order valence-electron chi connectivity index (χ0n) is 10.1. The Morgan fingerprint density at radius 2 is 1.89 bits per heavy atom. The smallest absolute Gasteiger partial charge is 0.365 e. The largest absolute Gasteiger partial charge is 0.405 e. The summed E-state index contributed by atoms with van der Waals surface area (Å²) in [6, 6.07) is 3.59. The molecule has 0 aromatic heterocycles. The molecule has 0 fully saturated rings. The van der Waals surface area contributed by atoms with Crippen molar-refractivity contribution in [2.24, 2.45) is 10.9 Å². The average Bonchev–Trinajstić information content (AvgIpc) is 2.24. The Kier molecular flexibility index (Phi) is 4.43. The van der Waals surface area contributed by atoms with E-state index in [0.717, 1.165) is 11.0 Å². The van der Waals surface area contributed by atoms with Gasteiger partial charge in [0.05, 0.1) is 4.90 Å². The molecule has 0 saturated carbocycles. The van der Waals surface area contributed by atoms with Gasteiger partial charge in [-0.1, -0.05) is 0 Å². The molecule has 0 amide bonds. The number of rotatable bonds is 4. The SMILES string of the molecule is CN(CC(F)(F)F)c1ccc(S(N)(=O)=O)cc1CN. The summed E-state index contributed by atoms with van der Waals surface area (Å²) in [5.41, 5.74) is 5.91. The molecule has 0 aliphatic carbocycles. The Balaban J connectivity index is 3.16. The highest BCUT2D eigenvalue weighted by molar-refractivity contribution is 7.89. The van der Waals surface area contributed by atoms with E-state index in [1.807, 2.05) is 0 Å². The Labute approximate surface area is 109 Å². The lowest BCUT2D eigenvalue weighted by Gasteiger charge is -2.23. The molecule has 0 aliphatic heterocycles. The number of hydrogen-bond acceptors (Lipinski definition) is 4. The van der Waals surface area contributed by atoms with Crippen LogP contribution in [0.1, 0.15) is 5.56 Å². The lowest BCUT2D eigenvalue weighted by Crippen LogP contribution is -2.31. The maximum absolute atomic E-state index is 12.3. The summed E-state index contributed by atoms with van der Waals surface area (Å²) >= 11 is 0. The van der Waals surface area contributed by atoms with Gasteiger partial charge in [-0.15, -0.1) is 0 Å². The van der Waals surface area contributed by atoms with Gasteiger partial charge in [-0.05, 0) is 23.8 Å². The molecule has 19 heavy (non-hydrogen) atoms. The molecule has 0 saturated heterocycles. The number of hydrogen-bond donors (Lipinski definition) is 2. The number of halogens is 3. The van der Waals surface area contributed by atoms with Crippen LogP contribution in [0.4, 0.5) is 18.9 Å². The third-order valence-corrected chi connectivity index (χ3v) is 3.34. The van der Waals surface area contributed by atoms with Crippen molar-refractivity contribution in [1.82, 2.24) is 0 Å². The zero-order chi connectivity index (χ0) is 14.8. The van der Waals surface area contributed by atoms with Crippen molar-refractivity contribution in [3.05, 3.63) is 23.8 Å². The molecule has 0 atom stereocenters. The van der Waals surface area contributed by atoms with Crippen molar-refractivity contribution in [1.29, 1.82) is 0 Å². The molecule has 1 rings (SSSR count). The number of nitrogens with zero attached hydrogens (tertiary/aromatic N) is 1. The summed E-state index contributed by atoms with van der Waals surface area (Å²) in [6.45, 7) is -1.25. The summed E-state index contributed by atoms with van der Waals surface area (Å²) in [5, 5.41) is 4.95. The van der Waals surface area contributed by atoms with Crippen LogP contribution in [0.5, 0.6) is 0 Å². The van der Waals surface area contributed by atoms with Gasteiger partial charge in [-0.2, -0.15) is 13.2 Å². The lowest BCUT2D eigenvalue weighted by atomic mass is 10.1. The second kappa shape index (κ2) is 5.35. The average molecular weight is 297 g/mol. The van der Waals surface area contributed by atoms with Gasteiger partial charge in [-0.25, -0.2) is 13.6 Å². The molecule has 0 unspecified atom stereocenters. The van der Waals surface area contributed by atoms with Gasteiger partial charge in [0.1, 0.15) is 6.54 Å². The van der Waals surface area contributed by atoms with Crippen molar-refractivity contribution >= 4 is 15.7 Å². The van der Waals surface area contributed by atoms with Gasteiger partial charge in [-0.3, -0.25) is 0 Å². The molecule has 0 bridgehead atoms. The van der Waals surface area contributed by atoms with E-state index in [1.54, 1.807) is 0 Å². The first-order chi connectivity index (χ1) is 8.54. The standard InChI is InChI=1S/C10H14F3N3O2S/c1-16(6-10(11,12)13)9-3-2-8(19(15,17)18)4-7(9)5-14/h2-4H,5-6,14H2,1H3,(H2,15,17,18). The van der Waals surface area contributed by atoms with Crippen LogP contribution >= 0.6 is 0 Å².